The molecule has 0 amide bonds. The van der Waals surface area contributed by atoms with Crippen molar-refractivity contribution in [1.29, 1.82) is 0 Å². The van der Waals surface area contributed by atoms with Crippen molar-refractivity contribution in [2.75, 3.05) is 11.1 Å². The second-order valence-corrected chi connectivity index (χ2v) is 4.66. The van der Waals surface area contributed by atoms with E-state index < -0.39 is 17.5 Å². The van der Waals surface area contributed by atoms with Crippen LogP contribution in [0.3, 0.4) is 0 Å². The fraction of sp³-hybridized carbons (Fsp3) is 0.231. The van der Waals surface area contributed by atoms with E-state index in [0.29, 0.717) is 5.82 Å². The Bertz CT molecular complexity index is 671. The molecule has 7 heteroatoms. The first-order chi connectivity index (χ1) is 9.54. The molecule has 0 spiro atoms. The number of halogens is 3. The minimum Gasteiger partial charge on any atom is -0.384 e. The molecule has 1 aromatic heterocycles. The predicted molar refractivity (Wildman–Crippen MR) is 68.0 cm³/mol. The maximum atomic E-state index is 13.6. The number of nitrogens with zero attached hydrogens (tertiary/aromatic N) is 2. The molecule has 3 N–H and O–H groups in total. The topological polar surface area (TPSA) is 63.8 Å². The minimum atomic E-state index is -1.53. The summed E-state index contributed by atoms with van der Waals surface area (Å²) in [5, 5.41) is 2.59. The molecule has 4 nitrogen and oxygen atoms in total. The maximum Gasteiger partial charge on any atom is 0.196 e. The molecule has 1 saturated carbocycles. The zero-order chi connectivity index (χ0) is 14.3. The Morgan fingerprint density at radius 1 is 1.10 bits per heavy atom. The monoisotopic (exact) mass is 280 g/mol. The van der Waals surface area contributed by atoms with Crippen LogP contribution in [0.1, 0.15) is 24.6 Å². The lowest BCUT2D eigenvalue weighted by Gasteiger charge is -2.09. The van der Waals surface area contributed by atoms with E-state index in [1.54, 1.807) is 0 Å². The minimum absolute atomic E-state index is 0.205. The van der Waals surface area contributed by atoms with E-state index in [2.05, 4.69) is 15.3 Å². The van der Waals surface area contributed by atoms with E-state index in [-0.39, 0.29) is 23.2 Å². The van der Waals surface area contributed by atoms with Crippen LogP contribution in [0.2, 0.25) is 0 Å². The highest BCUT2D eigenvalue weighted by Crippen LogP contribution is 2.38. The van der Waals surface area contributed by atoms with Crippen molar-refractivity contribution < 1.29 is 13.2 Å². The normalized spacial score (nSPS) is 14.3. The fourth-order valence-electron chi connectivity index (χ4n) is 1.83. The number of rotatable bonds is 3. The van der Waals surface area contributed by atoms with Crippen molar-refractivity contribution in [1.82, 2.24) is 9.97 Å². The molecule has 1 aliphatic rings. The summed E-state index contributed by atoms with van der Waals surface area (Å²) in [6, 6.07) is 3.35. The van der Waals surface area contributed by atoms with Crippen LogP contribution >= 0.6 is 0 Å². The lowest BCUT2D eigenvalue weighted by atomic mass is 10.2. The zero-order valence-corrected chi connectivity index (χ0v) is 10.3. The molecular weight excluding hydrogens is 269 g/mol. The molecule has 0 atom stereocenters. The third-order valence-corrected chi connectivity index (χ3v) is 3.00. The van der Waals surface area contributed by atoms with Gasteiger partial charge in [0.25, 0.3) is 0 Å². The smallest absolute Gasteiger partial charge is 0.196 e. The van der Waals surface area contributed by atoms with Crippen molar-refractivity contribution >= 4 is 17.3 Å². The van der Waals surface area contributed by atoms with Crippen LogP contribution in [-0.4, -0.2) is 9.97 Å². The average molecular weight is 280 g/mol. The SMILES string of the molecule is Nc1cc(Nc2ccc(F)c(F)c2F)nc(C2CC2)n1. The largest absolute Gasteiger partial charge is 0.384 e. The zero-order valence-electron chi connectivity index (χ0n) is 10.3. The maximum absolute atomic E-state index is 13.6. The van der Waals surface area contributed by atoms with Gasteiger partial charge in [0.1, 0.15) is 17.5 Å². The summed E-state index contributed by atoms with van der Waals surface area (Å²) in [6.45, 7) is 0. The second kappa shape index (κ2) is 4.66. The number of anilines is 3. The third-order valence-electron chi connectivity index (χ3n) is 3.00. The van der Waals surface area contributed by atoms with Gasteiger partial charge in [-0.15, -0.1) is 0 Å². The summed E-state index contributed by atoms with van der Waals surface area (Å²) in [5.74, 6) is -2.72. The van der Waals surface area contributed by atoms with Gasteiger partial charge in [-0.05, 0) is 25.0 Å². The van der Waals surface area contributed by atoms with E-state index in [0.717, 1.165) is 25.0 Å². The van der Waals surface area contributed by atoms with E-state index in [4.69, 9.17) is 5.73 Å². The first-order valence-corrected chi connectivity index (χ1v) is 6.09. The van der Waals surface area contributed by atoms with E-state index in [1.165, 1.54) is 6.07 Å². The standard InChI is InChI=1S/C13H11F3N4/c14-7-3-4-8(12(16)11(7)15)18-10-5-9(17)19-13(20-10)6-1-2-6/h3-6H,1-2H2,(H3,17,18,19,20). The van der Waals surface area contributed by atoms with Gasteiger partial charge in [-0.2, -0.15) is 0 Å². The molecule has 0 saturated heterocycles. The summed E-state index contributed by atoms with van der Waals surface area (Å²) in [6.07, 6.45) is 1.98. The molecule has 0 bridgehead atoms. The van der Waals surface area contributed by atoms with Gasteiger partial charge in [-0.25, -0.2) is 23.1 Å². The van der Waals surface area contributed by atoms with Crippen LogP contribution < -0.4 is 11.1 Å². The van der Waals surface area contributed by atoms with Gasteiger partial charge in [0.15, 0.2) is 17.5 Å². The number of aromatic nitrogens is 2. The van der Waals surface area contributed by atoms with Gasteiger partial charge in [0.2, 0.25) is 0 Å². The first kappa shape index (κ1) is 12.7. The predicted octanol–water partition coefficient (Wildman–Crippen LogP) is 3.10. The molecule has 0 unspecified atom stereocenters. The average Bonchev–Trinajstić information content (AvgIpc) is 3.23. The molecule has 1 fully saturated rings. The Morgan fingerprint density at radius 2 is 1.85 bits per heavy atom. The van der Waals surface area contributed by atoms with Gasteiger partial charge >= 0.3 is 0 Å². The van der Waals surface area contributed by atoms with Gasteiger partial charge in [0, 0.05) is 12.0 Å². The van der Waals surface area contributed by atoms with Gasteiger partial charge in [-0.1, -0.05) is 0 Å². The Morgan fingerprint density at radius 3 is 2.55 bits per heavy atom. The number of nitrogens with one attached hydrogen (secondary N) is 1. The van der Waals surface area contributed by atoms with Crippen molar-refractivity contribution in [2.45, 2.75) is 18.8 Å². The van der Waals surface area contributed by atoms with Crippen molar-refractivity contribution in [3.8, 4) is 0 Å². The Balaban J connectivity index is 1.93. The number of benzene rings is 1. The van der Waals surface area contributed by atoms with Crippen LogP contribution in [0.4, 0.5) is 30.5 Å². The quantitative estimate of drug-likeness (QED) is 0.848. The third kappa shape index (κ3) is 2.38. The molecule has 0 radical (unpaired) electrons. The number of hydrogen-bond acceptors (Lipinski definition) is 4. The van der Waals surface area contributed by atoms with Crippen LogP contribution in [0.15, 0.2) is 18.2 Å². The Kier molecular flexibility index (Phi) is 2.96. The molecule has 1 aliphatic carbocycles. The van der Waals surface area contributed by atoms with Gasteiger partial charge in [-0.3, -0.25) is 0 Å². The summed E-state index contributed by atoms with van der Waals surface area (Å²) >= 11 is 0. The van der Waals surface area contributed by atoms with Crippen LogP contribution in [0.25, 0.3) is 0 Å². The molecule has 1 aromatic carbocycles. The summed E-state index contributed by atoms with van der Waals surface area (Å²) in [4.78, 5) is 8.29. The molecule has 3 rings (SSSR count). The molecular formula is C13H11F3N4. The second-order valence-electron chi connectivity index (χ2n) is 4.66. The number of hydrogen-bond donors (Lipinski definition) is 2. The van der Waals surface area contributed by atoms with Crippen LogP contribution in [0.5, 0.6) is 0 Å². The lowest BCUT2D eigenvalue weighted by Crippen LogP contribution is -2.04. The number of nitrogens with two attached hydrogens (primary N) is 1. The van der Waals surface area contributed by atoms with E-state index >= 15 is 0 Å². The molecule has 20 heavy (non-hydrogen) atoms. The van der Waals surface area contributed by atoms with Gasteiger partial charge in [0.05, 0.1) is 5.69 Å². The highest BCUT2D eigenvalue weighted by Gasteiger charge is 2.27. The van der Waals surface area contributed by atoms with Crippen molar-refractivity contribution in [3.63, 3.8) is 0 Å². The molecule has 0 aliphatic heterocycles. The summed E-state index contributed by atoms with van der Waals surface area (Å²) in [5.41, 5.74) is 5.45. The van der Waals surface area contributed by atoms with Crippen molar-refractivity contribution in [2.24, 2.45) is 0 Å². The highest BCUT2D eigenvalue weighted by atomic mass is 19.2. The molecule has 2 aromatic rings. The van der Waals surface area contributed by atoms with E-state index in [9.17, 15) is 13.2 Å². The number of nitrogen functional groups attached to an aromatic ring is 1. The van der Waals surface area contributed by atoms with E-state index in [1.807, 2.05) is 0 Å². The highest BCUT2D eigenvalue weighted by molar-refractivity contribution is 5.59. The summed E-state index contributed by atoms with van der Waals surface area (Å²) in [7, 11) is 0. The molecule has 104 valence electrons. The summed E-state index contributed by atoms with van der Waals surface area (Å²) < 4.78 is 39.6. The van der Waals surface area contributed by atoms with Crippen LogP contribution in [-0.2, 0) is 0 Å². The Labute approximate surface area is 112 Å². The molecule has 1 heterocycles. The van der Waals surface area contributed by atoms with Crippen molar-refractivity contribution in [3.05, 3.63) is 41.5 Å². The Hall–Kier alpha value is -2.31. The lowest BCUT2D eigenvalue weighted by molar-refractivity contribution is 0.449. The van der Waals surface area contributed by atoms with Gasteiger partial charge < -0.3 is 11.1 Å². The van der Waals surface area contributed by atoms with Crippen LogP contribution in [0, 0.1) is 17.5 Å². The fourth-order valence-corrected chi connectivity index (χ4v) is 1.83. The first-order valence-electron chi connectivity index (χ1n) is 6.09.